The van der Waals surface area contributed by atoms with E-state index in [0.29, 0.717) is 0 Å². The molecule has 12 heavy (non-hydrogen) atoms. The summed E-state index contributed by atoms with van der Waals surface area (Å²) in [4.78, 5) is 3.89. The first-order valence-electron chi connectivity index (χ1n) is 3.31. The minimum atomic E-state index is -0.674. The average molecular weight is 167 g/mol. The second-order valence-electron chi connectivity index (χ2n) is 2.74. The third-order valence-electron chi connectivity index (χ3n) is 1.02. The Morgan fingerprint density at radius 3 is 2.42 bits per heavy atom. The molecule has 0 fully saturated rings. The molecule has 0 aromatic heterocycles. The van der Waals surface area contributed by atoms with E-state index in [9.17, 15) is 0 Å². The number of guanidine groups is 2. The number of rotatable bonds is 1. The van der Waals surface area contributed by atoms with E-state index >= 15 is 0 Å². The predicted molar refractivity (Wildman–Crippen MR) is 49.6 cm³/mol. The van der Waals surface area contributed by atoms with Gasteiger partial charge in [-0.25, -0.2) is 4.99 Å². The Morgan fingerprint density at radius 2 is 2.08 bits per heavy atom. The van der Waals surface area contributed by atoms with Gasteiger partial charge in [0, 0.05) is 0 Å². The quantitative estimate of drug-likeness (QED) is 0.233. The normalized spacial score (nSPS) is 11.9. The summed E-state index contributed by atoms with van der Waals surface area (Å²) >= 11 is 0. The summed E-state index contributed by atoms with van der Waals surface area (Å²) in [6, 6.07) is 0. The Hall–Kier alpha value is -1.70. The van der Waals surface area contributed by atoms with Gasteiger partial charge >= 0.3 is 0 Å². The van der Waals surface area contributed by atoms with Gasteiger partial charge in [-0.15, -0.1) is 6.42 Å². The van der Waals surface area contributed by atoms with Crippen LogP contribution in [0.1, 0.15) is 13.8 Å². The lowest BCUT2D eigenvalue weighted by molar-refractivity contribution is 0.680. The zero-order chi connectivity index (χ0) is 9.78. The van der Waals surface area contributed by atoms with Crippen LogP contribution in [0.3, 0.4) is 0 Å². The molecular weight excluding hydrogens is 154 g/mol. The van der Waals surface area contributed by atoms with E-state index in [1.54, 1.807) is 13.8 Å². The van der Waals surface area contributed by atoms with E-state index in [4.69, 9.17) is 23.3 Å². The molecule has 0 aromatic carbocycles. The highest BCUT2D eigenvalue weighted by molar-refractivity contribution is 5.95. The van der Waals surface area contributed by atoms with Crippen molar-refractivity contribution in [2.45, 2.75) is 19.4 Å². The highest BCUT2D eigenvalue weighted by Gasteiger charge is 2.11. The van der Waals surface area contributed by atoms with Gasteiger partial charge in [-0.05, 0) is 13.8 Å². The summed E-state index contributed by atoms with van der Waals surface area (Å²) in [5.41, 5.74) is 9.70. The van der Waals surface area contributed by atoms with E-state index in [1.807, 2.05) is 0 Å². The third kappa shape index (κ3) is 4.17. The molecule has 6 N–H and O–H groups in total. The molecule has 0 saturated heterocycles. The summed E-state index contributed by atoms with van der Waals surface area (Å²) in [6.07, 6.45) is 5.16. The molecule has 5 nitrogen and oxygen atoms in total. The van der Waals surface area contributed by atoms with E-state index in [-0.39, 0.29) is 11.9 Å². The minimum absolute atomic E-state index is 0.0467. The van der Waals surface area contributed by atoms with Gasteiger partial charge in [0.05, 0.1) is 0 Å². The van der Waals surface area contributed by atoms with Crippen LogP contribution >= 0.6 is 0 Å². The highest BCUT2D eigenvalue weighted by atomic mass is 15.2. The SMILES string of the molecule is C#CC(C)(C)N=C(N)NC(=N)N. The summed E-state index contributed by atoms with van der Waals surface area (Å²) < 4.78 is 0. The van der Waals surface area contributed by atoms with Crippen molar-refractivity contribution < 1.29 is 0 Å². The van der Waals surface area contributed by atoms with Crippen LogP contribution in [0.15, 0.2) is 4.99 Å². The average Bonchev–Trinajstić information content (AvgIpc) is 1.84. The predicted octanol–water partition coefficient (Wildman–Crippen LogP) is -0.804. The van der Waals surface area contributed by atoms with Crippen LogP contribution in [0.5, 0.6) is 0 Å². The summed E-state index contributed by atoms with van der Waals surface area (Å²) in [5.74, 6) is 2.21. The topological polar surface area (TPSA) is 100 Å². The van der Waals surface area contributed by atoms with Gasteiger partial charge in [0.2, 0.25) is 0 Å². The van der Waals surface area contributed by atoms with Crippen LogP contribution in [0.4, 0.5) is 0 Å². The summed E-state index contributed by atoms with van der Waals surface area (Å²) in [7, 11) is 0. The Kier molecular flexibility index (Phi) is 3.11. The standard InChI is InChI=1S/C7H13N5/c1-4-7(2,3)12-6(10)11-5(8)9/h1H,2-3H3,(H6,8,9,10,11,12). The van der Waals surface area contributed by atoms with Crippen molar-refractivity contribution in [3.63, 3.8) is 0 Å². The zero-order valence-electron chi connectivity index (χ0n) is 7.18. The van der Waals surface area contributed by atoms with E-state index in [1.165, 1.54) is 0 Å². The van der Waals surface area contributed by atoms with Crippen LogP contribution in [-0.4, -0.2) is 17.5 Å². The first-order chi connectivity index (χ1) is 5.37. The second-order valence-corrected chi connectivity index (χ2v) is 2.74. The molecule has 0 bridgehead atoms. The van der Waals surface area contributed by atoms with Crippen LogP contribution in [-0.2, 0) is 0 Å². The molecule has 5 heteroatoms. The summed E-state index contributed by atoms with van der Waals surface area (Å²) in [5, 5.41) is 9.17. The van der Waals surface area contributed by atoms with E-state index in [2.05, 4.69) is 16.2 Å². The number of terminal acetylenes is 1. The molecule has 0 rings (SSSR count). The molecule has 0 unspecified atom stereocenters. The maximum Gasteiger partial charge on any atom is 0.196 e. The molecule has 0 aromatic rings. The van der Waals surface area contributed by atoms with Crippen molar-refractivity contribution in [1.82, 2.24) is 5.32 Å². The lowest BCUT2D eigenvalue weighted by Gasteiger charge is -2.12. The fraction of sp³-hybridized carbons (Fsp3) is 0.429. The Morgan fingerprint density at radius 1 is 1.58 bits per heavy atom. The number of hydrogen-bond acceptors (Lipinski definition) is 2. The lowest BCUT2D eigenvalue weighted by Crippen LogP contribution is -2.42. The van der Waals surface area contributed by atoms with Gasteiger partial charge < -0.3 is 11.5 Å². The van der Waals surface area contributed by atoms with Gasteiger partial charge in [-0.3, -0.25) is 10.7 Å². The molecule has 0 aliphatic carbocycles. The molecule has 66 valence electrons. The Balaban J connectivity index is 4.38. The first-order valence-corrected chi connectivity index (χ1v) is 3.31. The molecule has 0 heterocycles. The minimum Gasteiger partial charge on any atom is -0.370 e. The number of aliphatic imine (C=N–C) groups is 1. The van der Waals surface area contributed by atoms with Crippen molar-refractivity contribution in [3.8, 4) is 12.3 Å². The fourth-order valence-electron chi connectivity index (χ4n) is 0.499. The van der Waals surface area contributed by atoms with Gasteiger partial charge in [0.1, 0.15) is 5.54 Å². The number of nitrogens with zero attached hydrogens (tertiary/aromatic N) is 1. The highest BCUT2D eigenvalue weighted by Crippen LogP contribution is 2.04. The molecule has 0 atom stereocenters. The Bertz CT molecular complexity index is 245. The lowest BCUT2D eigenvalue weighted by atomic mass is 10.1. The van der Waals surface area contributed by atoms with Crippen LogP contribution in [0.2, 0.25) is 0 Å². The molecule has 0 radical (unpaired) electrons. The van der Waals surface area contributed by atoms with Crippen LogP contribution in [0, 0.1) is 17.8 Å². The van der Waals surface area contributed by atoms with Gasteiger partial charge in [0.15, 0.2) is 11.9 Å². The zero-order valence-corrected chi connectivity index (χ0v) is 7.18. The van der Waals surface area contributed by atoms with Crippen molar-refractivity contribution in [3.05, 3.63) is 0 Å². The molecule has 0 aliphatic rings. The van der Waals surface area contributed by atoms with E-state index < -0.39 is 5.54 Å². The smallest absolute Gasteiger partial charge is 0.196 e. The monoisotopic (exact) mass is 167 g/mol. The Labute approximate surface area is 71.7 Å². The number of hydrogen-bond donors (Lipinski definition) is 4. The van der Waals surface area contributed by atoms with Crippen molar-refractivity contribution >= 4 is 11.9 Å². The molecular formula is C7H13N5. The van der Waals surface area contributed by atoms with Crippen LogP contribution < -0.4 is 16.8 Å². The maximum atomic E-state index is 6.84. The van der Waals surface area contributed by atoms with Crippen molar-refractivity contribution in [1.29, 1.82) is 5.41 Å². The number of nitrogens with two attached hydrogens (primary N) is 2. The molecule has 0 aliphatic heterocycles. The van der Waals surface area contributed by atoms with Crippen molar-refractivity contribution in [2.75, 3.05) is 0 Å². The van der Waals surface area contributed by atoms with E-state index in [0.717, 1.165) is 0 Å². The number of nitrogens with one attached hydrogen (secondary N) is 2. The third-order valence-corrected chi connectivity index (χ3v) is 1.02. The molecule has 0 saturated carbocycles. The largest absolute Gasteiger partial charge is 0.370 e. The fourth-order valence-corrected chi connectivity index (χ4v) is 0.499. The maximum absolute atomic E-state index is 6.84. The van der Waals surface area contributed by atoms with Gasteiger partial charge in [-0.1, -0.05) is 5.92 Å². The second kappa shape index (κ2) is 3.62. The summed E-state index contributed by atoms with van der Waals surface area (Å²) in [6.45, 7) is 3.45. The van der Waals surface area contributed by atoms with Gasteiger partial charge in [0.25, 0.3) is 0 Å². The molecule has 0 spiro atoms. The molecule has 0 amide bonds. The first kappa shape index (κ1) is 10.3. The van der Waals surface area contributed by atoms with Crippen LogP contribution in [0.25, 0.3) is 0 Å². The van der Waals surface area contributed by atoms with Gasteiger partial charge in [-0.2, -0.15) is 0 Å². The van der Waals surface area contributed by atoms with Crippen molar-refractivity contribution in [2.24, 2.45) is 16.5 Å².